The maximum atomic E-state index is 5.91. The molecule has 0 unspecified atom stereocenters. The zero-order valence-corrected chi connectivity index (χ0v) is 12.2. The first kappa shape index (κ1) is 15.0. The van der Waals surface area contributed by atoms with E-state index in [1.54, 1.807) is 11.3 Å². The first-order valence-corrected chi connectivity index (χ1v) is 7.54. The maximum absolute atomic E-state index is 5.91. The number of halogens is 1. The van der Waals surface area contributed by atoms with Crippen molar-refractivity contribution in [3.63, 3.8) is 0 Å². The molecule has 0 aliphatic carbocycles. The molecule has 0 amide bonds. The Morgan fingerprint density at radius 3 is 2.53 bits per heavy atom. The lowest BCUT2D eigenvalue weighted by molar-refractivity contribution is 0.319. The van der Waals surface area contributed by atoms with Crippen LogP contribution in [-0.2, 0) is 6.54 Å². The van der Waals surface area contributed by atoms with Gasteiger partial charge in [0, 0.05) is 11.4 Å². The highest BCUT2D eigenvalue weighted by atomic mass is 35.5. The molecule has 0 bridgehead atoms. The molecule has 0 fully saturated rings. The van der Waals surface area contributed by atoms with Crippen LogP contribution in [0.5, 0.6) is 0 Å². The van der Waals surface area contributed by atoms with Gasteiger partial charge in [-0.2, -0.15) is 0 Å². The highest BCUT2D eigenvalue weighted by molar-refractivity contribution is 7.16. The average molecular weight is 275 g/mol. The third kappa shape index (κ3) is 7.04. The van der Waals surface area contributed by atoms with Crippen molar-refractivity contribution in [2.45, 2.75) is 38.6 Å². The van der Waals surface area contributed by atoms with Gasteiger partial charge in [0.05, 0.1) is 4.34 Å². The lowest BCUT2D eigenvalue weighted by Gasteiger charge is -2.15. The van der Waals surface area contributed by atoms with Crippen LogP contribution in [0.2, 0.25) is 4.34 Å². The van der Waals surface area contributed by atoms with Crippen LogP contribution >= 0.6 is 22.9 Å². The molecule has 0 aromatic carbocycles. The Balaban J connectivity index is 2.03. The molecule has 17 heavy (non-hydrogen) atoms. The Morgan fingerprint density at radius 1 is 1.18 bits per heavy atom. The number of hydrogen-bond acceptors (Lipinski definition) is 3. The minimum absolute atomic E-state index is 0.832. The normalized spacial score (nSPS) is 11.3. The van der Waals surface area contributed by atoms with Gasteiger partial charge in [-0.3, -0.25) is 0 Å². The van der Waals surface area contributed by atoms with E-state index >= 15 is 0 Å². The molecule has 0 saturated carbocycles. The first-order chi connectivity index (χ1) is 8.22. The summed E-state index contributed by atoms with van der Waals surface area (Å²) in [6.07, 6.45) is 6.36. The predicted octanol–water partition coefficient (Wildman–Crippen LogP) is 3.74. The third-order valence-electron chi connectivity index (χ3n) is 2.80. The summed E-state index contributed by atoms with van der Waals surface area (Å²) in [5.41, 5.74) is 5.46. The van der Waals surface area contributed by atoms with Gasteiger partial charge in [0.15, 0.2) is 0 Å². The fourth-order valence-electron chi connectivity index (χ4n) is 1.84. The Labute approximate surface area is 114 Å². The molecule has 0 spiro atoms. The van der Waals surface area contributed by atoms with Crippen LogP contribution in [0.25, 0.3) is 0 Å². The van der Waals surface area contributed by atoms with Crippen molar-refractivity contribution in [2.24, 2.45) is 5.73 Å². The number of thiophene rings is 1. The summed E-state index contributed by atoms with van der Waals surface area (Å²) in [7, 11) is 2.17. The molecule has 2 nitrogen and oxygen atoms in total. The van der Waals surface area contributed by atoms with E-state index in [4.69, 9.17) is 17.3 Å². The number of rotatable bonds is 9. The van der Waals surface area contributed by atoms with Crippen molar-refractivity contribution in [3.05, 3.63) is 21.3 Å². The van der Waals surface area contributed by atoms with Crippen molar-refractivity contribution in [1.29, 1.82) is 0 Å². The number of hydrogen-bond donors (Lipinski definition) is 1. The fourth-order valence-corrected chi connectivity index (χ4v) is 3.01. The van der Waals surface area contributed by atoms with E-state index < -0.39 is 0 Å². The van der Waals surface area contributed by atoms with Crippen LogP contribution in [0.15, 0.2) is 12.1 Å². The highest BCUT2D eigenvalue weighted by Crippen LogP contribution is 2.22. The summed E-state index contributed by atoms with van der Waals surface area (Å²) in [5, 5.41) is 0. The number of nitrogens with two attached hydrogens (primary N) is 1. The predicted molar refractivity (Wildman–Crippen MR) is 77.8 cm³/mol. The zero-order chi connectivity index (χ0) is 12.5. The Bertz CT molecular complexity index is 301. The van der Waals surface area contributed by atoms with Crippen molar-refractivity contribution >= 4 is 22.9 Å². The second-order valence-electron chi connectivity index (χ2n) is 4.50. The second-order valence-corrected chi connectivity index (χ2v) is 6.30. The molecule has 0 saturated heterocycles. The molecular formula is C13H23ClN2S. The topological polar surface area (TPSA) is 29.3 Å². The van der Waals surface area contributed by atoms with E-state index in [9.17, 15) is 0 Å². The van der Waals surface area contributed by atoms with Gasteiger partial charge in [-0.1, -0.05) is 30.9 Å². The largest absolute Gasteiger partial charge is 0.330 e. The summed E-state index contributed by atoms with van der Waals surface area (Å²) in [5.74, 6) is 0. The molecule has 0 radical (unpaired) electrons. The molecule has 0 aliphatic rings. The van der Waals surface area contributed by atoms with Crippen molar-refractivity contribution < 1.29 is 0 Å². The lowest BCUT2D eigenvalue weighted by atomic mass is 10.1. The van der Waals surface area contributed by atoms with E-state index in [1.165, 1.54) is 37.0 Å². The average Bonchev–Trinajstić information content (AvgIpc) is 2.69. The van der Waals surface area contributed by atoms with Gasteiger partial charge in [0.2, 0.25) is 0 Å². The lowest BCUT2D eigenvalue weighted by Crippen LogP contribution is -2.18. The van der Waals surface area contributed by atoms with Crippen molar-refractivity contribution in [2.75, 3.05) is 20.1 Å². The van der Waals surface area contributed by atoms with E-state index in [-0.39, 0.29) is 0 Å². The second kappa shape index (κ2) is 8.92. The summed E-state index contributed by atoms with van der Waals surface area (Å²) in [4.78, 5) is 3.71. The van der Waals surface area contributed by atoms with Crippen LogP contribution in [0, 0.1) is 0 Å². The number of nitrogens with zero attached hydrogens (tertiary/aromatic N) is 1. The molecule has 2 N–H and O–H groups in total. The van der Waals surface area contributed by atoms with Crippen LogP contribution in [0.4, 0.5) is 0 Å². The maximum Gasteiger partial charge on any atom is 0.0931 e. The Morgan fingerprint density at radius 2 is 1.88 bits per heavy atom. The molecule has 98 valence electrons. The fraction of sp³-hybridized carbons (Fsp3) is 0.692. The minimum Gasteiger partial charge on any atom is -0.330 e. The smallest absolute Gasteiger partial charge is 0.0931 e. The quantitative estimate of drug-likeness (QED) is 0.695. The van der Waals surface area contributed by atoms with Gasteiger partial charge >= 0.3 is 0 Å². The molecule has 1 rings (SSSR count). The minimum atomic E-state index is 0.832. The van der Waals surface area contributed by atoms with Crippen LogP contribution in [-0.4, -0.2) is 25.0 Å². The molecular weight excluding hydrogens is 252 g/mol. The summed E-state index contributed by atoms with van der Waals surface area (Å²) in [6, 6.07) is 4.09. The summed E-state index contributed by atoms with van der Waals surface area (Å²) in [6.45, 7) is 3.01. The van der Waals surface area contributed by atoms with Crippen LogP contribution in [0.1, 0.15) is 37.0 Å². The van der Waals surface area contributed by atoms with Gasteiger partial charge in [-0.15, -0.1) is 11.3 Å². The summed E-state index contributed by atoms with van der Waals surface area (Å²) >= 11 is 7.59. The first-order valence-electron chi connectivity index (χ1n) is 6.35. The van der Waals surface area contributed by atoms with Crippen LogP contribution < -0.4 is 5.73 Å². The Kier molecular flexibility index (Phi) is 7.86. The van der Waals surface area contributed by atoms with Gasteiger partial charge in [-0.25, -0.2) is 0 Å². The van der Waals surface area contributed by atoms with E-state index in [0.717, 1.165) is 24.0 Å². The monoisotopic (exact) mass is 274 g/mol. The summed E-state index contributed by atoms with van der Waals surface area (Å²) < 4.78 is 0.884. The van der Waals surface area contributed by atoms with Gasteiger partial charge in [0.25, 0.3) is 0 Å². The highest BCUT2D eigenvalue weighted by Gasteiger charge is 2.02. The number of unbranched alkanes of at least 4 members (excludes halogenated alkanes) is 4. The molecule has 1 heterocycles. The zero-order valence-electron chi connectivity index (χ0n) is 10.6. The van der Waals surface area contributed by atoms with E-state index in [0.29, 0.717) is 0 Å². The van der Waals surface area contributed by atoms with E-state index in [2.05, 4.69) is 18.0 Å². The molecule has 0 atom stereocenters. The molecule has 1 aromatic rings. The third-order valence-corrected chi connectivity index (χ3v) is 4.01. The van der Waals surface area contributed by atoms with Gasteiger partial charge < -0.3 is 10.6 Å². The molecule has 1 aromatic heterocycles. The Hall–Kier alpha value is -0.0900. The van der Waals surface area contributed by atoms with E-state index in [1.807, 2.05) is 6.07 Å². The van der Waals surface area contributed by atoms with Crippen LogP contribution in [0.3, 0.4) is 0 Å². The van der Waals surface area contributed by atoms with Crippen molar-refractivity contribution in [3.8, 4) is 0 Å². The molecule has 0 aliphatic heterocycles. The standard InChI is InChI=1S/C13H23ClN2S/c1-16(10-6-4-2-3-5-9-15)11-12-7-8-13(14)17-12/h7-8H,2-6,9-11,15H2,1H3. The SMILES string of the molecule is CN(CCCCCCCN)Cc1ccc(Cl)s1. The van der Waals surface area contributed by atoms with Gasteiger partial charge in [-0.05, 0) is 45.1 Å². The molecule has 4 heteroatoms. The van der Waals surface area contributed by atoms with Crippen molar-refractivity contribution in [1.82, 2.24) is 4.90 Å². The van der Waals surface area contributed by atoms with Gasteiger partial charge in [0.1, 0.15) is 0 Å².